The third-order valence-corrected chi connectivity index (χ3v) is 1.18. The first-order valence-electron chi connectivity index (χ1n) is 3.26. The number of aliphatic hydroxyl groups excluding tert-OH is 1. The smallest absolute Gasteiger partial charge is 0.112 e. The van der Waals surface area contributed by atoms with Crippen molar-refractivity contribution in [3.63, 3.8) is 0 Å². The Kier molecular flexibility index (Phi) is 5.88. The number of halogens is 1. The van der Waals surface area contributed by atoms with Gasteiger partial charge >= 0.3 is 0 Å². The molecule has 9 heavy (non-hydrogen) atoms. The lowest BCUT2D eigenvalue weighted by molar-refractivity contribution is 0.263. The zero-order valence-corrected chi connectivity index (χ0v) is 5.52. The van der Waals surface area contributed by atoms with Crippen molar-refractivity contribution in [3.05, 3.63) is 0 Å². The lowest BCUT2D eigenvalue weighted by Crippen LogP contribution is -2.14. The number of rotatable bonds is 5. The van der Waals surface area contributed by atoms with E-state index in [1.807, 2.05) is 0 Å². The third-order valence-electron chi connectivity index (χ3n) is 1.18. The molecule has 0 aromatic heterocycles. The van der Waals surface area contributed by atoms with Crippen LogP contribution < -0.4 is 5.73 Å². The average Bonchev–Trinajstić information content (AvgIpc) is 1.89. The van der Waals surface area contributed by atoms with Gasteiger partial charge in [0.2, 0.25) is 0 Å². The van der Waals surface area contributed by atoms with E-state index in [0.29, 0.717) is 12.8 Å². The molecule has 2 nitrogen and oxygen atoms in total. The molecule has 0 unspecified atom stereocenters. The summed E-state index contributed by atoms with van der Waals surface area (Å²) in [5.41, 5.74) is 5.02. The maximum Gasteiger partial charge on any atom is 0.112 e. The Bertz CT molecular complexity index is 61.0. The lowest BCUT2D eigenvalue weighted by atomic mass is 10.2. The summed E-state index contributed by atoms with van der Waals surface area (Å²) in [6.07, 6.45) is 1.02. The molecule has 0 aromatic rings. The monoisotopic (exact) mass is 135 g/mol. The number of nitrogens with two attached hydrogens (primary N) is 1. The fourth-order valence-corrected chi connectivity index (χ4v) is 0.595. The summed E-state index contributed by atoms with van der Waals surface area (Å²) < 4.78 is 12.2. The summed E-state index contributed by atoms with van der Waals surface area (Å²) in [6.45, 7) is 0.253. The van der Waals surface area contributed by atoms with E-state index in [4.69, 9.17) is 10.8 Å². The second kappa shape index (κ2) is 5.98. The van der Waals surface area contributed by atoms with Gasteiger partial charge in [-0.25, -0.2) is 4.39 Å². The molecular formula is C6H14FNO. The van der Waals surface area contributed by atoms with Crippen LogP contribution in [0.1, 0.15) is 19.3 Å². The Morgan fingerprint density at radius 3 is 2.56 bits per heavy atom. The first-order chi connectivity index (χ1) is 4.31. The van der Waals surface area contributed by atoms with Crippen molar-refractivity contribution in [2.75, 3.05) is 13.2 Å². The first-order valence-corrected chi connectivity index (χ1v) is 3.26. The third kappa shape index (κ3) is 5.73. The molecule has 0 heterocycles. The van der Waals surface area contributed by atoms with Crippen molar-refractivity contribution >= 4 is 0 Å². The van der Waals surface area contributed by atoms with Gasteiger partial charge < -0.3 is 10.8 Å². The van der Waals surface area contributed by atoms with Crippen LogP contribution in [0.4, 0.5) is 4.39 Å². The van der Waals surface area contributed by atoms with Crippen molar-refractivity contribution < 1.29 is 9.50 Å². The van der Waals surface area contributed by atoms with Gasteiger partial charge in [0.25, 0.3) is 0 Å². The number of aliphatic hydroxyl groups is 1. The Balaban J connectivity index is 2.88. The molecule has 0 fully saturated rings. The van der Waals surface area contributed by atoms with E-state index >= 15 is 0 Å². The van der Waals surface area contributed by atoms with Crippen LogP contribution in [0.25, 0.3) is 0 Å². The maximum atomic E-state index is 12.2. The van der Waals surface area contributed by atoms with Crippen molar-refractivity contribution in [1.82, 2.24) is 0 Å². The van der Waals surface area contributed by atoms with Gasteiger partial charge in [-0.3, -0.25) is 0 Å². The van der Waals surface area contributed by atoms with Gasteiger partial charge in [-0.15, -0.1) is 0 Å². The van der Waals surface area contributed by atoms with E-state index in [1.54, 1.807) is 0 Å². The van der Waals surface area contributed by atoms with Gasteiger partial charge in [0, 0.05) is 13.2 Å². The Labute approximate surface area is 54.9 Å². The molecule has 0 aliphatic carbocycles. The standard InChI is InChI=1S/C6H14FNO/c7-6(5-8)3-1-2-4-9/h6,9H,1-5,8H2/t6-/m0/s1. The van der Waals surface area contributed by atoms with E-state index < -0.39 is 6.17 Å². The minimum atomic E-state index is -0.878. The number of hydrogen-bond acceptors (Lipinski definition) is 2. The quantitative estimate of drug-likeness (QED) is 0.537. The van der Waals surface area contributed by atoms with Gasteiger partial charge in [-0.1, -0.05) is 0 Å². The Morgan fingerprint density at radius 2 is 2.11 bits per heavy atom. The Hall–Kier alpha value is -0.150. The number of unbranched alkanes of at least 4 members (excludes halogenated alkanes) is 1. The second-order valence-corrected chi connectivity index (χ2v) is 2.05. The van der Waals surface area contributed by atoms with Crippen LogP contribution in [0.15, 0.2) is 0 Å². The van der Waals surface area contributed by atoms with Crippen LogP contribution in [0.3, 0.4) is 0 Å². The fourth-order valence-electron chi connectivity index (χ4n) is 0.595. The summed E-state index contributed by atoms with van der Waals surface area (Å²) in [6, 6.07) is 0. The summed E-state index contributed by atoms with van der Waals surface area (Å²) in [5.74, 6) is 0. The Morgan fingerprint density at radius 1 is 1.44 bits per heavy atom. The van der Waals surface area contributed by atoms with Crippen LogP contribution in [-0.4, -0.2) is 24.4 Å². The van der Waals surface area contributed by atoms with E-state index in [9.17, 15) is 4.39 Å². The van der Waals surface area contributed by atoms with Crippen molar-refractivity contribution in [1.29, 1.82) is 0 Å². The van der Waals surface area contributed by atoms with E-state index in [0.717, 1.165) is 6.42 Å². The molecule has 1 atom stereocenters. The zero-order valence-electron chi connectivity index (χ0n) is 5.52. The van der Waals surface area contributed by atoms with E-state index in [2.05, 4.69) is 0 Å². The number of alkyl halides is 1. The van der Waals surface area contributed by atoms with Crippen LogP contribution in [0, 0.1) is 0 Å². The molecule has 0 aromatic carbocycles. The molecule has 0 bridgehead atoms. The zero-order chi connectivity index (χ0) is 7.11. The highest BCUT2D eigenvalue weighted by atomic mass is 19.1. The maximum absolute atomic E-state index is 12.2. The van der Waals surface area contributed by atoms with Crippen molar-refractivity contribution in [2.45, 2.75) is 25.4 Å². The fraction of sp³-hybridized carbons (Fsp3) is 1.00. The normalized spacial score (nSPS) is 13.7. The molecule has 3 N–H and O–H groups in total. The molecule has 0 amide bonds. The predicted molar refractivity (Wildman–Crippen MR) is 34.9 cm³/mol. The summed E-state index contributed by atoms with van der Waals surface area (Å²) in [4.78, 5) is 0. The minimum Gasteiger partial charge on any atom is -0.396 e. The van der Waals surface area contributed by atoms with Gasteiger partial charge in [-0.2, -0.15) is 0 Å². The summed E-state index contributed by atoms with van der Waals surface area (Å²) >= 11 is 0. The molecule has 0 saturated carbocycles. The molecule has 0 saturated heterocycles. The lowest BCUT2D eigenvalue weighted by Gasteiger charge is -2.01. The van der Waals surface area contributed by atoms with Crippen LogP contribution in [0.5, 0.6) is 0 Å². The number of hydrogen-bond donors (Lipinski definition) is 2. The molecule has 0 aliphatic rings. The largest absolute Gasteiger partial charge is 0.396 e. The molecular weight excluding hydrogens is 121 g/mol. The van der Waals surface area contributed by atoms with Gasteiger partial charge in [0.05, 0.1) is 0 Å². The average molecular weight is 135 g/mol. The molecule has 0 rings (SSSR count). The van der Waals surface area contributed by atoms with Crippen molar-refractivity contribution in [3.8, 4) is 0 Å². The minimum absolute atomic E-state index is 0.103. The van der Waals surface area contributed by atoms with E-state index in [1.165, 1.54) is 0 Å². The molecule has 0 aliphatic heterocycles. The van der Waals surface area contributed by atoms with Crippen LogP contribution >= 0.6 is 0 Å². The summed E-state index contributed by atoms with van der Waals surface area (Å²) in [5, 5.41) is 8.30. The summed E-state index contributed by atoms with van der Waals surface area (Å²) in [7, 11) is 0. The van der Waals surface area contributed by atoms with Gasteiger partial charge in [0.15, 0.2) is 0 Å². The topological polar surface area (TPSA) is 46.2 Å². The van der Waals surface area contributed by atoms with Gasteiger partial charge in [0.1, 0.15) is 6.17 Å². The van der Waals surface area contributed by atoms with E-state index in [-0.39, 0.29) is 13.2 Å². The van der Waals surface area contributed by atoms with Gasteiger partial charge in [-0.05, 0) is 19.3 Å². The van der Waals surface area contributed by atoms with Crippen LogP contribution in [-0.2, 0) is 0 Å². The SMILES string of the molecule is NC[C@@H](F)CCCCO. The first kappa shape index (κ1) is 8.85. The molecule has 56 valence electrons. The predicted octanol–water partition coefficient (Wildman–Crippen LogP) is 0.446. The van der Waals surface area contributed by atoms with Crippen LogP contribution in [0.2, 0.25) is 0 Å². The van der Waals surface area contributed by atoms with Crippen molar-refractivity contribution in [2.24, 2.45) is 5.73 Å². The molecule has 0 radical (unpaired) electrons. The highest BCUT2D eigenvalue weighted by molar-refractivity contribution is 4.55. The second-order valence-electron chi connectivity index (χ2n) is 2.05. The highest BCUT2D eigenvalue weighted by Gasteiger charge is 2.00. The highest BCUT2D eigenvalue weighted by Crippen LogP contribution is 2.01. The molecule has 3 heteroatoms. The molecule has 0 spiro atoms.